The maximum Gasteiger partial charge on any atom is 0.297 e. The minimum absolute atomic E-state index is 0.00222. The van der Waals surface area contributed by atoms with Gasteiger partial charge in [0.15, 0.2) is 0 Å². The van der Waals surface area contributed by atoms with Crippen LogP contribution in [0.3, 0.4) is 0 Å². The number of fused-ring (bicyclic) bond motifs is 2. The van der Waals surface area contributed by atoms with E-state index in [-0.39, 0.29) is 23.1 Å². The van der Waals surface area contributed by atoms with E-state index in [1.54, 1.807) is 24.3 Å². The third-order valence-corrected chi connectivity index (χ3v) is 10.2. The summed E-state index contributed by atoms with van der Waals surface area (Å²) in [5.41, 5.74) is 12.3. The Morgan fingerprint density at radius 1 is 0.642 bits per heavy atom. The molecule has 0 aliphatic rings. The number of phenols is 1. The highest BCUT2D eigenvalue weighted by atomic mass is 35.5. The van der Waals surface area contributed by atoms with Crippen LogP contribution in [-0.4, -0.2) is 57.6 Å². The quantitative estimate of drug-likeness (QED) is 0.115. The van der Waals surface area contributed by atoms with E-state index in [9.17, 15) is 13.5 Å². The van der Waals surface area contributed by atoms with Gasteiger partial charge >= 0.3 is 0 Å². The average molecular weight is 774 g/mol. The lowest BCUT2D eigenvalue weighted by molar-refractivity contribution is 0.340. The molecule has 0 unspecified atom stereocenters. The molecule has 276 valence electrons. The molecule has 0 atom stereocenters. The molecule has 0 aliphatic heterocycles. The highest BCUT2D eigenvalue weighted by Gasteiger charge is 2.14. The Morgan fingerprint density at radius 2 is 1.11 bits per heavy atom. The first-order chi connectivity index (χ1) is 25.4. The molecule has 7 aromatic rings. The number of phenolic OH excluding ortho intramolecular Hbond substituents is 1. The van der Waals surface area contributed by atoms with Crippen molar-refractivity contribution in [3.8, 4) is 33.8 Å². The molecule has 1 N–H and O–H groups in total. The first-order valence-corrected chi connectivity index (χ1v) is 19.3. The minimum atomic E-state index is -3.62. The molecule has 5 aromatic carbocycles. The van der Waals surface area contributed by atoms with Crippen LogP contribution < -0.4 is 4.74 Å². The van der Waals surface area contributed by atoms with Gasteiger partial charge in [0, 0.05) is 20.0 Å². The second kappa shape index (κ2) is 17.8. The lowest BCUT2D eigenvalue weighted by Gasteiger charge is -2.09. The van der Waals surface area contributed by atoms with Gasteiger partial charge in [0.1, 0.15) is 18.1 Å². The Kier molecular flexibility index (Phi) is 13.2. The summed E-state index contributed by atoms with van der Waals surface area (Å²) in [5, 5.41) is 9.33. The minimum Gasteiger partial charge on any atom is -0.508 e. The van der Waals surface area contributed by atoms with E-state index in [1.165, 1.54) is 34.4 Å². The Labute approximate surface area is 320 Å². The van der Waals surface area contributed by atoms with Crippen molar-refractivity contribution in [2.24, 2.45) is 14.1 Å². The van der Waals surface area contributed by atoms with Crippen molar-refractivity contribution in [2.75, 3.05) is 25.0 Å². The Balaban J connectivity index is 0.000000157. The largest absolute Gasteiger partial charge is 0.508 e. The van der Waals surface area contributed by atoms with Crippen LogP contribution in [0.15, 0.2) is 115 Å². The van der Waals surface area contributed by atoms with Crippen LogP contribution in [0.2, 0.25) is 0 Å². The summed E-state index contributed by atoms with van der Waals surface area (Å²) in [4.78, 5) is 9.08. The molecule has 12 heteroatoms. The summed E-state index contributed by atoms with van der Waals surface area (Å²) < 4.78 is 37.0. The number of halogens is 2. The van der Waals surface area contributed by atoms with Gasteiger partial charge in [0.25, 0.3) is 10.1 Å². The highest BCUT2D eigenvalue weighted by molar-refractivity contribution is 7.86. The molecule has 7 rings (SSSR count). The first kappa shape index (κ1) is 39.3. The lowest BCUT2D eigenvalue weighted by Crippen LogP contribution is -2.08. The molecule has 0 saturated carbocycles. The van der Waals surface area contributed by atoms with Crippen LogP contribution in [0.1, 0.15) is 16.7 Å². The Hall–Kier alpha value is -4.87. The smallest absolute Gasteiger partial charge is 0.297 e. The number of rotatable bonds is 9. The molecule has 9 nitrogen and oxygen atoms in total. The van der Waals surface area contributed by atoms with Crippen molar-refractivity contribution in [2.45, 2.75) is 25.7 Å². The van der Waals surface area contributed by atoms with Crippen LogP contribution in [0, 0.1) is 20.8 Å². The molecule has 0 bridgehead atoms. The van der Waals surface area contributed by atoms with E-state index in [1.807, 2.05) is 67.1 Å². The predicted molar refractivity (Wildman–Crippen MR) is 215 cm³/mol. The van der Waals surface area contributed by atoms with Crippen LogP contribution in [0.4, 0.5) is 0 Å². The summed E-state index contributed by atoms with van der Waals surface area (Å²) in [7, 11) is 0.383. The molecule has 0 spiro atoms. The fourth-order valence-electron chi connectivity index (χ4n) is 5.75. The van der Waals surface area contributed by atoms with E-state index in [4.69, 9.17) is 27.9 Å². The number of alkyl halides is 2. The zero-order chi connectivity index (χ0) is 38.1. The zero-order valence-electron chi connectivity index (χ0n) is 30.3. The lowest BCUT2D eigenvalue weighted by atomic mass is 9.99. The molecular weight excluding hydrogens is 731 g/mol. The Morgan fingerprint density at radius 3 is 1.58 bits per heavy atom. The molecule has 0 amide bonds. The fraction of sp³-hybridized carbons (Fsp3) is 0.220. The van der Waals surface area contributed by atoms with Crippen LogP contribution in [-0.2, 0) is 28.4 Å². The monoisotopic (exact) mass is 772 g/mol. The van der Waals surface area contributed by atoms with E-state index in [0.29, 0.717) is 12.5 Å². The summed E-state index contributed by atoms with van der Waals surface area (Å²) >= 11 is 11.0. The normalized spacial score (nSPS) is 11.2. The molecule has 2 aromatic heterocycles. The molecular formula is C41H42Cl2N4O5S. The fourth-order valence-corrected chi connectivity index (χ4v) is 6.90. The van der Waals surface area contributed by atoms with Crippen LogP contribution >= 0.6 is 23.2 Å². The molecule has 0 saturated heterocycles. The van der Waals surface area contributed by atoms with E-state index in [2.05, 4.69) is 64.4 Å². The maximum absolute atomic E-state index is 11.4. The van der Waals surface area contributed by atoms with Gasteiger partial charge in [-0.05, 0) is 103 Å². The van der Waals surface area contributed by atoms with Crippen molar-refractivity contribution < 1.29 is 22.4 Å². The van der Waals surface area contributed by atoms with Crippen molar-refractivity contribution >= 4 is 55.4 Å². The number of benzene rings is 5. The van der Waals surface area contributed by atoms with Gasteiger partial charge in [-0.2, -0.15) is 8.42 Å². The number of aryl methyl sites for hydroxylation is 5. The molecule has 2 heterocycles. The predicted octanol–water partition coefficient (Wildman–Crippen LogP) is 9.36. The molecule has 0 aliphatic carbocycles. The first-order valence-electron chi connectivity index (χ1n) is 16.9. The van der Waals surface area contributed by atoms with Gasteiger partial charge in [-0.25, -0.2) is 9.97 Å². The molecule has 53 heavy (non-hydrogen) atoms. The van der Waals surface area contributed by atoms with Crippen LogP contribution in [0.5, 0.6) is 11.5 Å². The number of nitrogens with zero attached hydrogens (tertiary/aromatic N) is 4. The van der Waals surface area contributed by atoms with Gasteiger partial charge < -0.3 is 19.0 Å². The average Bonchev–Trinajstić information content (AvgIpc) is 3.74. The summed E-state index contributed by atoms with van der Waals surface area (Å²) in [5.74, 6) is 1.79. The number of imidazole rings is 2. The van der Waals surface area contributed by atoms with Crippen molar-refractivity contribution in [3.05, 3.63) is 126 Å². The van der Waals surface area contributed by atoms with E-state index in [0.717, 1.165) is 44.5 Å². The summed E-state index contributed by atoms with van der Waals surface area (Å²) in [6, 6.07) is 30.3. The van der Waals surface area contributed by atoms with E-state index >= 15 is 0 Å². The van der Waals surface area contributed by atoms with Gasteiger partial charge in [0.2, 0.25) is 0 Å². The van der Waals surface area contributed by atoms with Crippen molar-refractivity contribution in [3.63, 3.8) is 0 Å². The van der Waals surface area contributed by atoms with Gasteiger partial charge in [-0.15, -0.1) is 23.2 Å². The number of hydrogen-bond donors (Lipinski definition) is 1. The summed E-state index contributed by atoms with van der Waals surface area (Å²) in [6.45, 7) is 6.60. The highest BCUT2D eigenvalue weighted by Crippen LogP contribution is 2.31. The topological polar surface area (TPSA) is 108 Å². The van der Waals surface area contributed by atoms with Gasteiger partial charge in [-0.3, -0.25) is 4.18 Å². The Bertz CT molecular complexity index is 2390. The van der Waals surface area contributed by atoms with E-state index < -0.39 is 10.1 Å². The number of aromatic hydroxyl groups is 1. The van der Waals surface area contributed by atoms with Gasteiger partial charge in [-0.1, -0.05) is 54.1 Å². The SMILES string of the molecule is Cc1c(-c2ccc(O)cc2)ccc2c1ncn2C.Cc1c(-c2ccc(OCCCl)cc2)ccc2c1ncn2C.Cc1ccc(S(=O)(=O)OCCCl)cc1. The van der Waals surface area contributed by atoms with Crippen molar-refractivity contribution in [1.29, 1.82) is 0 Å². The number of hydrogen-bond acceptors (Lipinski definition) is 7. The number of ether oxygens (including phenoxy) is 1. The van der Waals surface area contributed by atoms with Crippen LogP contribution in [0.25, 0.3) is 44.3 Å². The third kappa shape index (κ3) is 9.57. The summed E-state index contributed by atoms with van der Waals surface area (Å²) in [6.07, 6.45) is 3.68. The van der Waals surface area contributed by atoms with Crippen molar-refractivity contribution in [1.82, 2.24) is 19.1 Å². The number of aromatic nitrogens is 4. The molecule has 0 radical (unpaired) electrons. The maximum atomic E-state index is 11.4. The standard InChI is InChI=1S/C17H17ClN2O.C15H14N2O.C9H11ClO3S/c1-12-15(7-8-16-17(12)19-11-20(16)2)13-3-5-14(6-4-13)21-10-9-18;1-10-13(11-3-5-12(18)6-4-11)7-8-14-15(10)16-9-17(14)2;1-8-2-4-9(5-3-8)14(11,12)13-7-6-10/h3-8,11H,9-10H2,1-2H3;3-9,18H,1-2H3;2-5H,6-7H2,1H3. The second-order valence-corrected chi connectivity index (χ2v) is 14.7. The van der Waals surface area contributed by atoms with Gasteiger partial charge in [0.05, 0.1) is 52.1 Å². The third-order valence-electron chi connectivity index (χ3n) is 8.61. The molecule has 0 fully saturated rings. The second-order valence-electron chi connectivity index (χ2n) is 12.3. The zero-order valence-corrected chi connectivity index (χ0v) is 32.6.